The number of carbonyl (C=O) groups excluding carboxylic acids is 1. The highest BCUT2D eigenvalue weighted by Crippen LogP contribution is 2.53. The Hall–Kier alpha value is -2.38. The van der Waals surface area contributed by atoms with Crippen molar-refractivity contribution < 1.29 is 14.3 Å². The Morgan fingerprint density at radius 1 is 1.45 bits per heavy atom. The number of nitrogens with one attached hydrogen (secondary N) is 1. The van der Waals surface area contributed by atoms with Gasteiger partial charge in [-0.3, -0.25) is 4.79 Å². The number of fused-ring (bicyclic) bond motifs is 2. The Kier molecular flexibility index (Phi) is 4.91. The van der Waals surface area contributed by atoms with E-state index in [4.69, 9.17) is 17.3 Å². The predicted octanol–water partition coefficient (Wildman–Crippen LogP) is 3.28. The van der Waals surface area contributed by atoms with E-state index in [0.717, 1.165) is 24.8 Å². The van der Waals surface area contributed by atoms with Crippen molar-refractivity contribution in [2.45, 2.75) is 24.7 Å². The standard InChI is InChI=1S/C21H24ClFN4O2/c1-27(2)20(29)15-14(24)4-3-12(18(15)23)13-8-25-19-16(17(13)22)21(10-26-19)6-5-11(7-21)9-28/h3-4,8,11,28H,5-7,9-10,24H2,1-2H3,(H,25,26)/t11-,21+/m1/s1. The maximum absolute atomic E-state index is 15.4. The van der Waals surface area contributed by atoms with Crippen LogP contribution in [0.25, 0.3) is 11.1 Å². The molecule has 29 heavy (non-hydrogen) atoms. The summed E-state index contributed by atoms with van der Waals surface area (Å²) in [4.78, 5) is 18.2. The highest BCUT2D eigenvalue weighted by molar-refractivity contribution is 6.34. The van der Waals surface area contributed by atoms with Crippen LogP contribution in [0, 0.1) is 11.7 Å². The number of anilines is 2. The normalized spacial score (nSPS) is 22.6. The largest absolute Gasteiger partial charge is 0.398 e. The van der Waals surface area contributed by atoms with Gasteiger partial charge in [-0.05, 0) is 37.3 Å². The lowest BCUT2D eigenvalue weighted by atomic mass is 9.80. The lowest BCUT2D eigenvalue weighted by Gasteiger charge is -2.25. The molecule has 2 aromatic rings. The monoisotopic (exact) mass is 418 g/mol. The van der Waals surface area contributed by atoms with Gasteiger partial charge in [-0.15, -0.1) is 0 Å². The van der Waals surface area contributed by atoms with Crippen LogP contribution in [0.3, 0.4) is 0 Å². The zero-order valence-corrected chi connectivity index (χ0v) is 17.2. The first-order chi connectivity index (χ1) is 13.8. The number of nitrogens with zero attached hydrogens (tertiary/aromatic N) is 2. The van der Waals surface area contributed by atoms with Crippen LogP contribution >= 0.6 is 11.6 Å². The van der Waals surface area contributed by atoms with Crippen LogP contribution in [0.15, 0.2) is 18.3 Å². The molecule has 1 fully saturated rings. The lowest BCUT2D eigenvalue weighted by Crippen LogP contribution is -2.26. The summed E-state index contributed by atoms with van der Waals surface area (Å²) in [6.45, 7) is 0.841. The number of carbonyl (C=O) groups is 1. The van der Waals surface area contributed by atoms with E-state index in [0.29, 0.717) is 22.9 Å². The van der Waals surface area contributed by atoms with E-state index in [2.05, 4.69) is 10.3 Å². The molecule has 2 atom stereocenters. The van der Waals surface area contributed by atoms with E-state index in [1.54, 1.807) is 14.1 Å². The molecule has 154 valence electrons. The molecular weight excluding hydrogens is 395 g/mol. The SMILES string of the molecule is CN(C)C(=O)c1c(N)ccc(-c2cnc3c(c2Cl)[C@]2(CC[C@@H](CO)C2)CN3)c1F. The van der Waals surface area contributed by atoms with E-state index < -0.39 is 11.7 Å². The molecule has 0 unspecified atom stereocenters. The van der Waals surface area contributed by atoms with Crippen LogP contribution in [0.1, 0.15) is 35.2 Å². The van der Waals surface area contributed by atoms with Crippen molar-refractivity contribution in [3.05, 3.63) is 40.3 Å². The molecule has 1 aromatic carbocycles. The number of aliphatic hydroxyl groups is 1. The summed E-state index contributed by atoms with van der Waals surface area (Å²) in [5.41, 5.74) is 7.10. The van der Waals surface area contributed by atoms with Crippen LogP contribution in [0.4, 0.5) is 15.9 Å². The number of rotatable bonds is 3. The van der Waals surface area contributed by atoms with Crippen molar-refractivity contribution in [2.24, 2.45) is 5.92 Å². The van der Waals surface area contributed by atoms with Crippen molar-refractivity contribution in [2.75, 3.05) is 38.3 Å². The second-order valence-electron chi connectivity index (χ2n) is 8.23. The van der Waals surface area contributed by atoms with E-state index in [1.807, 2.05) is 0 Å². The average molecular weight is 419 g/mol. The third kappa shape index (κ3) is 3.04. The van der Waals surface area contributed by atoms with Crippen LogP contribution in [-0.4, -0.2) is 48.1 Å². The fourth-order valence-corrected chi connectivity index (χ4v) is 5.10. The fraction of sp³-hybridized carbons (Fsp3) is 0.429. The van der Waals surface area contributed by atoms with Gasteiger partial charge < -0.3 is 21.1 Å². The molecule has 8 heteroatoms. The Labute approximate surface area is 173 Å². The van der Waals surface area contributed by atoms with Gasteiger partial charge in [0.15, 0.2) is 0 Å². The lowest BCUT2D eigenvalue weighted by molar-refractivity contribution is 0.0824. The zero-order valence-electron chi connectivity index (χ0n) is 16.4. The number of benzene rings is 1. The van der Waals surface area contributed by atoms with Crippen molar-refractivity contribution >= 4 is 29.0 Å². The molecule has 2 heterocycles. The molecule has 1 amide bonds. The summed E-state index contributed by atoms with van der Waals surface area (Å²) in [5, 5.41) is 13.3. The molecule has 0 bridgehead atoms. The molecule has 1 aliphatic heterocycles. The molecule has 0 saturated heterocycles. The third-order valence-electron chi connectivity index (χ3n) is 6.19. The fourth-order valence-electron chi connectivity index (χ4n) is 4.66. The zero-order chi connectivity index (χ0) is 20.9. The molecule has 2 aliphatic rings. The minimum Gasteiger partial charge on any atom is -0.398 e. The molecule has 0 radical (unpaired) electrons. The van der Waals surface area contributed by atoms with Gasteiger partial charge in [-0.25, -0.2) is 9.37 Å². The van der Waals surface area contributed by atoms with Crippen LogP contribution in [0.2, 0.25) is 5.02 Å². The molecule has 1 spiro atoms. The first kappa shape index (κ1) is 19.9. The quantitative estimate of drug-likeness (QED) is 0.665. The maximum Gasteiger partial charge on any atom is 0.258 e. The topological polar surface area (TPSA) is 91.5 Å². The first-order valence-corrected chi connectivity index (χ1v) is 10.0. The van der Waals surface area contributed by atoms with Crippen LogP contribution in [-0.2, 0) is 5.41 Å². The van der Waals surface area contributed by atoms with Crippen molar-refractivity contribution in [1.82, 2.24) is 9.88 Å². The minimum atomic E-state index is -0.702. The molecule has 4 N–H and O–H groups in total. The summed E-state index contributed by atoms with van der Waals surface area (Å²) in [5.74, 6) is -0.281. The number of amides is 1. The van der Waals surface area contributed by atoms with Crippen molar-refractivity contribution in [3.8, 4) is 11.1 Å². The summed E-state index contributed by atoms with van der Waals surface area (Å²) >= 11 is 6.82. The number of aromatic nitrogens is 1. The average Bonchev–Trinajstić information content (AvgIpc) is 3.27. The van der Waals surface area contributed by atoms with Gasteiger partial charge in [-0.1, -0.05) is 11.6 Å². The van der Waals surface area contributed by atoms with Gasteiger partial charge >= 0.3 is 0 Å². The second kappa shape index (κ2) is 7.15. The third-order valence-corrected chi connectivity index (χ3v) is 6.59. The Morgan fingerprint density at radius 3 is 2.86 bits per heavy atom. The molecule has 1 aromatic heterocycles. The van der Waals surface area contributed by atoms with Crippen LogP contribution in [0.5, 0.6) is 0 Å². The van der Waals surface area contributed by atoms with Crippen molar-refractivity contribution in [1.29, 1.82) is 0 Å². The van der Waals surface area contributed by atoms with Gasteiger partial charge in [0.1, 0.15) is 11.6 Å². The Bertz CT molecular complexity index is 997. The highest BCUT2D eigenvalue weighted by Gasteiger charge is 2.47. The Morgan fingerprint density at radius 2 is 2.21 bits per heavy atom. The van der Waals surface area contributed by atoms with Gasteiger partial charge in [0.25, 0.3) is 5.91 Å². The predicted molar refractivity (Wildman–Crippen MR) is 112 cm³/mol. The van der Waals surface area contributed by atoms with Gasteiger partial charge in [-0.2, -0.15) is 0 Å². The van der Waals surface area contributed by atoms with E-state index in [1.165, 1.54) is 23.2 Å². The van der Waals surface area contributed by atoms with Gasteiger partial charge in [0, 0.05) is 61.2 Å². The Balaban J connectivity index is 1.85. The molecule has 6 nitrogen and oxygen atoms in total. The number of halogens is 2. The maximum atomic E-state index is 15.4. The van der Waals surface area contributed by atoms with E-state index in [-0.39, 0.29) is 34.8 Å². The number of nitrogen functional groups attached to an aromatic ring is 1. The molecular formula is C21H24ClFN4O2. The van der Waals surface area contributed by atoms with E-state index in [9.17, 15) is 9.90 Å². The smallest absolute Gasteiger partial charge is 0.258 e. The second-order valence-corrected chi connectivity index (χ2v) is 8.60. The van der Waals surface area contributed by atoms with E-state index >= 15 is 4.39 Å². The number of pyridine rings is 1. The first-order valence-electron chi connectivity index (χ1n) is 9.63. The number of hydrogen-bond donors (Lipinski definition) is 3. The molecule has 1 saturated carbocycles. The highest BCUT2D eigenvalue weighted by atomic mass is 35.5. The molecule has 4 rings (SSSR count). The number of nitrogens with two attached hydrogens (primary N) is 1. The number of aliphatic hydroxyl groups excluding tert-OH is 1. The summed E-state index contributed by atoms with van der Waals surface area (Å²) in [6.07, 6.45) is 4.14. The summed E-state index contributed by atoms with van der Waals surface area (Å²) < 4.78 is 15.4. The number of hydrogen-bond acceptors (Lipinski definition) is 5. The van der Waals surface area contributed by atoms with Gasteiger partial charge in [0.05, 0.1) is 10.6 Å². The van der Waals surface area contributed by atoms with Gasteiger partial charge in [0.2, 0.25) is 0 Å². The van der Waals surface area contributed by atoms with Crippen LogP contribution < -0.4 is 11.1 Å². The summed E-state index contributed by atoms with van der Waals surface area (Å²) in [6, 6.07) is 3.05. The van der Waals surface area contributed by atoms with Crippen molar-refractivity contribution in [3.63, 3.8) is 0 Å². The molecule has 1 aliphatic carbocycles. The minimum absolute atomic E-state index is 0.0786. The summed E-state index contributed by atoms with van der Waals surface area (Å²) in [7, 11) is 3.09.